The van der Waals surface area contributed by atoms with Gasteiger partial charge in [0.1, 0.15) is 47.6 Å². The van der Waals surface area contributed by atoms with Crippen molar-refractivity contribution >= 4 is 111 Å². The molecule has 12 amide bonds. The topological polar surface area (TPSA) is 428 Å². The van der Waals surface area contributed by atoms with Gasteiger partial charge in [0, 0.05) is 87.2 Å². The van der Waals surface area contributed by atoms with E-state index in [-0.39, 0.29) is 87.6 Å². The fourth-order valence-electron chi connectivity index (χ4n) is 10.4. The number of nitrogens with zero attached hydrogens (tertiary/aromatic N) is 5. The average molecular weight is 1350 g/mol. The highest BCUT2D eigenvalue weighted by Crippen LogP contribution is 2.47. The molecule has 1 aliphatic heterocycles. The first-order chi connectivity index (χ1) is 45.9. The third kappa shape index (κ3) is 20.0. The number of aryl methyl sites for hydroxylation is 1. The van der Waals surface area contributed by atoms with Crippen molar-refractivity contribution in [1.29, 1.82) is 0 Å². The maximum atomic E-state index is 14.5. The Kier molecular flexibility index (Phi) is 26.2. The molecule has 4 aromatic carbocycles. The zero-order valence-corrected chi connectivity index (χ0v) is 54.6. The Morgan fingerprint density at radius 3 is 2.07 bits per heavy atom. The van der Waals surface area contributed by atoms with Crippen molar-refractivity contribution in [1.82, 2.24) is 51.1 Å². The van der Waals surface area contributed by atoms with Crippen molar-refractivity contribution in [2.75, 3.05) is 87.9 Å². The quantitative estimate of drug-likeness (QED) is 0.0219. The number of likely N-dealkylation sites (N-methyl/N-ethyl adjacent to an activating group) is 2. The van der Waals surface area contributed by atoms with Gasteiger partial charge >= 0.3 is 18.2 Å². The highest BCUT2D eigenvalue weighted by atomic mass is 35.5. The molecule has 0 fully saturated rings. The minimum Gasteiger partial charge on any atom is -0.508 e. The Balaban J connectivity index is 0.930. The molecular formula is C65H81ClN16O14. The number of hydrogen-bond acceptors (Lipinski definition) is 17. The predicted molar refractivity (Wildman–Crippen MR) is 357 cm³/mol. The van der Waals surface area contributed by atoms with Gasteiger partial charge in [-0.25, -0.2) is 19.4 Å². The summed E-state index contributed by atoms with van der Waals surface area (Å²) in [5.41, 5.74) is 20.5. The van der Waals surface area contributed by atoms with Crippen LogP contribution >= 0.6 is 11.6 Å². The van der Waals surface area contributed by atoms with Crippen LogP contribution in [0, 0.1) is 12.8 Å². The van der Waals surface area contributed by atoms with Crippen LogP contribution in [0.3, 0.4) is 0 Å². The number of aromatic hydroxyl groups is 1. The van der Waals surface area contributed by atoms with Crippen LogP contribution in [0.2, 0.25) is 0 Å². The summed E-state index contributed by atoms with van der Waals surface area (Å²) >= 11 is 6.61. The van der Waals surface area contributed by atoms with Crippen LogP contribution in [0.4, 0.5) is 31.4 Å². The van der Waals surface area contributed by atoms with Crippen LogP contribution in [0.15, 0.2) is 97.3 Å². The molecule has 4 atom stereocenters. The SMILES string of the molecule is Cc1cccc2c(OC(=O)N(C)CCN(C)C(=O)OCc3ccc(NC(=O)[C@H](CCCNC(N)=O)NC(=O)[C@@H](NC(=O)[C@H](CCCCN)NC(=O)CNC(=O)CNC(=O)CN)C(C)C)cc3)cc3c(c12)[C@H](CCl)CN3C(=O)c1cn2cc(NC(=O)c3ccc(O)cc3)ccc2n1. The predicted octanol–water partition coefficient (Wildman–Crippen LogP) is 3.25. The van der Waals surface area contributed by atoms with E-state index in [2.05, 4.69) is 47.5 Å². The third-order valence-corrected chi connectivity index (χ3v) is 16.0. The fraction of sp³-hybridized carbons (Fsp3) is 0.385. The first-order valence-corrected chi connectivity index (χ1v) is 31.5. The van der Waals surface area contributed by atoms with Gasteiger partial charge in [0.25, 0.3) is 11.8 Å². The van der Waals surface area contributed by atoms with Gasteiger partial charge in [-0.3, -0.25) is 38.4 Å². The lowest BCUT2D eigenvalue weighted by Crippen LogP contribution is -2.58. The summed E-state index contributed by atoms with van der Waals surface area (Å²) in [5.74, 6) is -5.32. The number of phenolic OH excluding ortho intramolecular Hbond substituents is 1. The van der Waals surface area contributed by atoms with Crippen LogP contribution in [-0.4, -0.2) is 180 Å². The molecule has 0 spiro atoms. The van der Waals surface area contributed by atoms with Gasteiger partial charge < -0.3 is 93.4 Å². The Morgan fingerprint density at radius 2 is 1.40 bits per heavy atom. The Bertz CT molecular complexity index is 3830. The van der Waals surface area contributed by atoms with Crippen LogP contribution in [0.25, 0.3) is 16.4 Å². The van der Waals surface area contributed by atoms with E-state index >= 15 is 0 Å². The Morgan fingerprint density at radius 1 is 0.729 bits per heavy atom. The molecule has 1 aliphatic rings. The van der Waals surface area contributed by atoms with Gasteiger partial charge in [-0.15, -0.1) is 11.6 Å². The van der Waals surface area contributed by atoms with Gasteiger partial charge in [0.05, 0.1) is 31.0 Å². The van der Waals surface area contributed by atoms with Gasteiger partial charge in [-0.2, -0.15) is 0 Å². The Labute approximate surface area is 558 Å². The molecule has 0 bridgehead atoms. The maximum Gasteiger partial charge on any atom is 0.415 e. The van der Waals surface area contributed by atoms with Gasteiger partial charge in [-0.1, -0.05) is 44.2 Å². The largest absolute Gasteiger partial charge is 0.508 e. The molecule has 512 valence electrons. The number of carbonyl (C=O) groups is 11. The molecule has 6 aromatic rings. The second-order valence-corrected chi connectivity index (χ2v) is 23.5. The molecule has 0 aliphatic carbocycles. The third-order valence-electron chi connectivity index (χ3n) is 15.6. The summed E-state index contributed by atoms with van der Waals surface area (Å²) in [5, 5.41) is 31.6. The number of imidazole rings is 1. The van der Waals surface area contributed by atoms with E-state index in [4.69, 9.17) is 38.3 Å². The summed E-state index contributed by atoms with van der Waals surface area (Å²) in [7, 11) is 3.01. The number of alkyl halides is 1. The van der Waals surface area contributed by atoms with Crippen molar-refractivity contribution in [3.05, 3.63) is 125 Å². The van der Waals surface area contributed by atoms with E-state index in [1.165, 1.54) is 48.2 Å². The number of pyridine rings is 1. The number of primary amides is 1. The number of carbonyl (C=O) groups excluding carboxylic acids is 11. The van der Waals surface area contributed by atoms with Crippen molar-refractivity contribution in [3.63, 3.8) is 0 Å². The summed E-state index contributed by atoms with van der Waals surface area (Å²) < 4.78 is 13.3. The van der Waals surface area contributed by atoms with Crippen LogP contribution in [-0.2, 0) is 40.1 Å². The van der Waals surface area contributed by atoms with Crippen molar-refractivity contribution < 1.29 is 67.3 Å². The number of benzene rings is 4. The normalized spacial score (nSPS) is 13.3. The lowest BCUT2D eigenvalue weighted by atomic mass is 9.92. The van der Waals surface area contributed by atoms with E-state index in [0.717, 1.165) is 16.5 Å². The summed E-state index contributed by atoms with van der Waals surface area (Å²) in [4.78, 5) is 153. The second kappa shape index (κ2) is 34.5. The molecule has 0 unspecified atom stereocenters. The lowest BCUT2D eigenvalue weighted by Gasteiger charge is -2.27. The number of nitrogens with two attached hydrogens (primary N) is 3. The molecule has 96 heavy (non-hydrogen) atoms. The highest BCUT2D eigenvalue weighted by Gasteiger charge is 2.38. The molecule has 30 nitrogen and oxygen atoms in total. The van der Waals surface area contributed by atoms with Crippen LogP contribution < -0.4 is 69.4 Å². The Hall–Kier alpha value is -10.6. The number of urea groups is 1. The zero-order chi connectivity index (χ0) is 69.8. The van der Waals surface area contributed by atoms with Gasteiger partial charge in [0.15, 0.2) is 0 Å². The number of phenols is 1. The van der Waals surface area contributed by atoms with E-state index < -0.39 is 103 Å². The van der Waals surface area contributed by atoms with Crippen molar-refractivity contribution in [3.8, 4) is 11.5 Å². The number of nitrogens with one attached hydrogen (secondary N) is 8. The molecule has 15 N–H and O–H groups in total. The second-order valence-electron chi connectivity index (χ2n) is 23.2. The maximum absolute atomic E-state index is 14.5. The molecule has 0 saturated carbocycles. The monoisotopic (exact) mass is 1340 g/mol. The summed E-state index contributed by atoms with van der Waals surface area (Å²) in [6.45, 7) is 4.44. The molecule has 7 rings (SSSR count). The first-order valence-electron chi connectivity index (χ1n) is 31.0. The minimum absolute atomic E-state index is 0.0185. The number of hydrogen-bond donors (Lipinski definition) is 12. The molecule has 2 aromatic heterocycles. The standard InChI is InChI=1S/C65H81ClN16O14/c1-37(2)57(78-60(89)46(12-6-7-24-67)76-54(86)32-72-53(85)31-71-52(84)30-68)61(90)77-47(13-9-25-70-63(69)92)59(88)73-42-18-14-39(15-19-42)36-95-64(93)79(4)26-27-80(5)65(94)96-50-28-49-56(55-38(3)10-8-11-45(50)55)41(29-66)33-82(49)62(91)48-35-81-34-43(20-23-51(81)75-48)74-58(87)40-16-21-44(83)22-17-40/h8,10-11,14-23,28,34-35,37,41,46-47,57,83H,6-7,9,12-13,24-27,29-33,36,67-68H2,1-5H3,(H,71,84)(H,72,85)(H,73,88)(H,74,87)(H,76,86)(H,77,90)(H,78,89)(H3,69,70,92)/t41-,46+,47+,57+/m1/s1. The average Bonchev–Trinajstić information content (AvgIpc) is 1.55. The van der Waals surface area contributed by atoms with E-state index in [1.807, 2.05) is 25.1 Å². The number of unbranched alkanes of at least 4 members (excludes halogenated alkanes) is 1. The fourth-order valence-corrected chi connectivity index (χ4v) is 10.6. The molecule has 0 saturated heterocycles. The lowest BCUT2D eigenvalue weighted by molar-refractivity contribution is -0.134. The molecule has 3 heterocycles. The van der Waals surface area contributed by atoms with Crippen molar-refractivity contribution in [2.24, 2.45) is 23.1 Å². The van der Waals surface area contributed by atoms with Crippen LogP contribution in [0.1, 0.15) is 89.4 Å². The van der Waals surface area contributed by atoms with Crippen LogP contribution in [0.5, 0.6) is 11.5 Å². The van der Waals surface area contributed by atoms with E-state index in [1.54, 1.807) is 78.0 Å². The first kappa shape index (κ1) is 72.8. The van der Waals surface area contributed by atoms with Gasteiger partial charge in [0.2, 0.25) is 35.4 Å². The number of fused-ring (bicyclic) bond motifs is 4. The molecule has 0 radical (unpaired) electrons. The van der Waals surface area contributed by atoms with E-state index in [0.29, 0.717) is 58.6 Å². The van der Waals surface area contributed by atoms with Crippen molar-refractivity contribution in [2.45, 2.75) is 83.5 Å². The molecule has 31 heteroatoms. The number of anilines is 3. The van der Waals surface area contributed by atoms with E-state index in [9.17, 15) is 57.8 Å². The summed E-state index contributed by atoms with van der Waals surface area (Å²) in [6.07, 6.45) is 3.02. The number of rotatable bonds is 31. The minimum atomic E-state index is -1.21. The zero-order valence-electron chi connectivity index (χ0n) is 53.8. The van der Waals surface area contributed by atoms with Gasteiger partial charge in [-0.05, 0) is 122 Å². The number of ether oxygens (including phenoxy) is 2. The number of amides is 12. The molecular weight excluding hydrogens is 1260 g/mol. The smallest absolute Gasteiger partial charge is 0.415 e. The number of aromatic nitrogens is 2. The highest BCUT2D eigenvalue weighted by molar-refractivity contribution is 6.19. The summed E-state index contributed by atoms with van der Waals surface area (Å²) in [6, 6.07) is 18.3. The number of halogens is 1.